The van der Waals surface area contributed by atoms with Gasteiger partial charge in [-0.2, -0.15) is 0 Å². The van der Waals surface area contributed by atoms with E-state index in [1.54, 1.807) is 0 Å². The van der Waals surface area contributed by atoms with Gasteiger partial charge in [0.15, 0.2) is 0 Å². The van der Waals surface area contributed by atoms with E-state index < -0.39 is 0 Å². The monoisotopic (exact) mass is 138 g/mol. The Kier molecular flexibility index (Phi) is 2.98. The van der Waals surface area contributed by atoms with Crippen LogP contribution in [0.3, 0.4) is 0 Å². The van der Waals surface area contributed by atoms with Gasteiger partial charge in [0.25, 0.3) is 0 Å². The van der Waals surface area contributed by atoms with E-state index in [-0.39, 0.29) is 0 Å². The van der Waals surface area contributed by atoms with Crippen molar-refractivity contribution in [1.82, 2.24) is 0 Å². The normalized spacial score (nSPS) is 30.2. The Hall–Kier alpha value is -0.260. The molecule has 0 radical (unpaired) electrons. The number of hydrogen-bond acceptors (Lipinski definition) is 0. The van der Waals surface area contributed by atoms with Crippen LogP contribution in [0.2, 0.25) is 0 Å². The third-order valence-corrected chi connectivity index (χ3v) is 2.40. The van der Waals surface area contributed by atoms with Crippen molar-refractivity contribution >= 4 is 0 Å². The second-order valence-corrected chi connectivity index (χ2v) is 3.29. The van der Waals surface area contributed by atoms with Crippen LogP contribution in [0.1, 0.15) is 39.5 Å². The Bertz CT molecular complexity index is 99.2. The molecule has 0 aromatic heterocycles. The van der Waals surface area contributed by atoms with E-state index in [1.165, 1.54) is 25.7 Å². The van der Waals surface area contributed by atoms with Gasteiger partial charge in [-0.05, 0) is 24.7 Å². The Balaban J connectivity index is 2.18. The Morgan fingerprint density at radius 3 is 1.50 bits per heavy atom. The molecule has 0 saturated carbocycles. The first-order valence-electron chi connectivity index (χ1n) is 4.56. The summed E-state index contributed by atoms with van der Waals surface area (Å²) in [6.07, 6.45) is 10.3. The first-order valence-corrected chi connectivity index (χ1v) is 4.56. The number of allylic oxidation sites excluding steroid dienone is 2. The van der Waals surface area contributed by atoms with Crippen molar-refractivity contribution in [3.8, 4) is 0 Å². The lowest BCUT2D eigenvalue weighted by Crippen LogP contribution is -2.17. The van der Waals surface area contributed by atoms with E-state index in [9.17, 15) is 0 Å². The highest BCUT2D eigenvalue weighted by atomic mass is 14.3. The maximum Gasteiger partial charge on any atom is -0.0171 e. The lowest BCUT2D eigenvalue weighted by molar-refractivity contribution is 0.371. The van der Waals surface area contributed by atoms with Crippen molar-refractivity contribution < 1.29 is 0 Å². The quantitative estimate of drug-likeness (QED) is 0.522. The van der Waals surface area contributed by atoms with Gasteiger partial charge >= 0.3 is 0 Å². The van der Waals surface area contributed by atoms with Crippen molar-refractivity contribution in [2.24, 2.45) is 11.8 Å². The smallest absolute Gasteiger partial charge is 0.0171 e. The first-order chi connectivity index (χ1) is 4.88. The van der Waals surface area contributed by atoms with Gasteiger partial charge in [0, 0.05) is 0 Å². The molecule has 0 heteroatoms. The van der Waals surface area contributed by atoms with E-state index >= 15 is 0 Å². The summed E-state index contributed by atoms with van der Waals surface area (Å²) in [6, 6.07) is 0. The molecule has 0 saturated heterocycles. The molecule has 0 amide bonds. The van der Waals surface area contributed by atoms with Gasteiger partial charge in [0.05, 0.1) is 0 Å². The lowest BCUT2D eigenvalue weighted by atomic mass is 9.77. The summed E-state index contributed by atoms with van der Waals surface area (Å²) < 4.78 is 0. The van der Waals surface area contributed by atoms with Crippen LogP contribution in [0.4, 0.5) is 0 Å². The summed E-state index contributed by atoms with van der Waals surface area (Å²) in [6.45, 7) is 4.55. The van der Waals surface area contributed by atoms with Crippen LogP contribution >= 0.6 is 0 Å². The predicted molar refractivity (Wildman–Crippen MR) is 45.9 cm³/mol. The van der Waals surface area contributed by atoms with Crippen LogP contribution in [-0.2, 0) is 0 Å². The molecule has 1 aliphatic carbocycles. The van der Waals surface area contributed by atoms with Gasteiger partial charge in [-0.25, -0.2) is 0 Å². The molecule has 0 bridgehead atoms. The highest BCUT2D eigenvalue weighted by molar-refractivity contribution is 5.08. The molecule has 0 unspecified atom stereocenters. The molecule has 0 aromatic rings. The fraction of sp³-hybridized carbons (Fsp3) is 0.800. The van der Waals surface area contributed by atoms with Crippen molar-refractivity contribution in [3.63, 3.8) is 0 Å². The maximum atomic E-state index is 2.38. The van der Waals surface area contributed by atoms with Crippen LogP contribution in [0.25, 0.3) is 0 Å². The molecule has 0 aliphatic heterocycles. The van der Waals surface area contributed by atoms with Gasteiger partial charge in [-0.3, -0.25) is 0 Å². The van der Waals surface area contributed by atoms with Gasteiger partial charge in [0.2, 0.25) is 0 Å². The summed E-state index contributed by atoms with van der Waals surface area (Å²) in [5.41, 5.74) is 0. The highest BCUT2D eigenvalue weighted by Crippen LogP contribution is 2.32. The van der Waals surface area contributed by atoms with E-state index in [2.05, 4.69) is 26.0 Å². The minimum atomic E-state index is 0.935. The Morgan fingerprint density at radius 2 is 1.30 bits per heavy atom. The Morgan fingerprint density at radius 1 is 0.900 bits per heavy atom. The van der Waals surface area contributed by atoms with Gasteiger partial charge in [-0.15, -0.1) is 0 Å². The molecular formula is C10H18. The van der Waals surface area contributed by atoms with Crippen molar-refractivity contribution in [2.75, 3.05) is 0 Å². The van der Waals surface area contributed by atoms with Crippen LogP contribution in [0, 0.1) is 11.8 Å². The molecule has 0 nitrogen and oxygen atoms in total. The molecule has 0 spiro atoms. The van der Waals surface area contributed by atoms with Crippen LogP contribution in [0.5, 0.6) is 0 Å². The molecule has 0 fully saturated rings. The summed E-state index contributed by atoms with van der Waals surface area (Å²) >= 11 is 0. The molecular weight excluding hydrogens is 120 g/mol. The van der Waals surface area contributed by atoms with Gasteiger partial charge in [-0.1, -0.05) is 38.8 Å². The largest absolute Gasteiger partial charge is 0.0845 e. The molecule has 0 aromatic carbocycles. The fourth-order valence-corrected chi connectivity index (χ4v) is 1.71. The van der Waals surface area contributed by atoms with Crippen molar-refractivity contribution in [1.29, 1.82) is 0 Å². The zero-order valence-electron chi connectivity index (χ0n) is 7.14. The zero-order chi connectivity index (χ0) is 7.40. The zero-order valence-corrected chi connectivity index (χ0v) is 7.14. The number of hydrogen-bond donors (Lipinski definition) is 0. The van der Waals surface area contributed by atoms with E-state index in [0.29, 0.717) is 0 Å². The SMILES string of the molecule is CCC[C@H]1C=C[C@@H]1CCC. The maximum absolute atomic E-state index is 2.38. The van der Waals surface area contributed by atoms with Crippen LogP contribution < -0.4 is 0 Å². The van der Waals surface area contributed by atoms with E-state index in [1.807, 2.05) is 0 Å². The van der Waals surface area contributed by atoms with Crippen LogP contribution in [-0.4, -0.2) is 0 Å². The minimum absolute atomic E-state index is 0.935. The lowest BCUT2D eigenvalue weighted by Gasteiger charge is -2.28. The number of rotatable bonds is 4. The predicted octanol–water partition coefficient (Wildman–Crippen LogP) is 3.39. The van der Waals surface area contributed by atoms with Gasteiger partial charge in [0.1, 0.15) is 0 Å². The highest BCUT2D eigenvalue weighted by Gasteiger charge is 2.21. The van der Waals surface area contributed by atoms with Gasteiger partial charge < -0.3 is 0 Å². The molecule has 2 atom stereocenters. The molecule has 1 aliphatic rings. The van der Waals surface area contributed by atoms with Crippen molar-refractivity contribution in [3.05, 3.63) is 12.2 Å². The second kappa shape index (κ2) is 3.80. The average molecular weight is 138 g/mol. The third kappa shape index (κ3) is 1.62. The first kappa shape index (κ1) is 7.84. The molecule has 1 rings (SSSR count). The van der Waals surface area contributed by atoms with E-state index in [4.69, 9.17) is 0 Å². The minimum Gasteiger partial charge on any atom is -0.0845 e. The molecule has 58 valence electrons. The fourth-order valence-electron chi connectivity index (χ4n) is 1.71. The van der Waals surface area contributed by atoms with Crippen LogP contribution in [0.15, 0.2) is 12.2 Å². The second-order valence-electron chi connectivity index (χ2n) is 3.29. The molecule has 10 heavy (non-hydrogen) atoms. The average Bonchev–Trinajstić information content (AvgIpc) is 1.93. The molecule has 0 N–H and O–H groups in total. The Labute approximate surface area is 64.3 Å². The third-order valence-electron chi connectivity index (χ3n) is 2.40. The summed E-state index contributed by atoms with van der Waals surface area (Å²) in [5, 5.41) is 0. The topological polar surface area (TPSA) is 0 Å². The molecule has 0 heterocycles. The standard InChI is InChI=1S/C10H18/c1-3-5-9-7-8-10(9)6-4-2/h7-10H,3-6H2,1-2H3/t9-,10-/m0/s1. The van der Waals surface area contributed by atoms with Crippen molar-refractivity contribution in [2.45, 2.75) is 39.5 Å². The van der Waals surface area contributed by atoms with E-state index in [0.717, 1.165) is 11.8 Å². The summed E-state index contributed by atoms with van der Waals surface area (Å²) in [4.78, 5) is 0. The summed E-state index contributed by atoms with van der Waals surface area (Å²) in [7, 11) is 0. The summed E-state index contributed by atoms with van der Waals surface area (Å²) in [5.74, 6) is 1.87.